The van der Waals surface area contributed by atoms with Crippen LogP contribution in [0.2, 0.25) is 0 Å². The van der Waals surface area contributed by atoms with E-state index in [0.29, 0.717) is 0 Å². The maximum atomic E-state index is 9.60. The minimum Gasteiger partial charge on any atom is -1.00 e. The van der Waals surface area contributed by atoms with Gasteiger partial charge in [-0.1, -0.05) is 0 Å². The SMILES string of the molecule is [B]OC(=O)NN.[H-].[Na+]. The first-order valence-electron chi connectivity index (χ1n) is 1.18. The van der Waals surface area contributed by atoms with Crippen LogP contribution in [0.5, 0.6) is 0 Å². The maximum Gasteiger partial charge on any atom is 1.00 e. The second kappa shape index (κ2) is 6.29. The van der Waals surface area contributed by atoms with Gasteiger partial charge in [-0.15, -0.1) is 0 Å². The van der Waals surface area contributed by atoms with Crippen LogP contribution in [0.15, 0.2) is 0 Å². The summed E-state index contributed by atoms with van der Waals surface area (Å²) in [7, 11) is 4.29. The van der Waals surface area contributed by atoms with Crippen LogP contribution >= 0.6 is 0 Å². The Morgan fingerprint density at radius 2 is 2.43 bits per heavy atom. The number of carbonyl (C=O) groups is 1. The first kappa shape index (κ1) is 10.3. The molecule has 1 amide bonds. The third kappa shape index (κ3) is 6.29. The van der Waals surface area contributed by atoms with Crippen LogP contribution in [0.25, 0.3) is 0 Å². The molecule has 0 saturated carbocycles. The van der Waals surface area contributed by atoms with Gasteiger partial charge in [-0.3, -0.25) is 5.43 Å². The summed E-state index contributed by atoms with van der Waals surface area (Å²) < 4.78 is 3.52. The van der Waals surface area contributed by atoms with Crippen LogP contribution in [0, 0.1) is 0 Å². The summed E-state index contributed by atoms with van der Waals surface area (Å²) in [5.74, 6) is 4.48. The Hall–Kier alpha value is 0.295. The molecular weight excluding hydrogens is 106 g/mol. The van der Waals surface area contributed by atoms with Crippen molar-refractivity contribution in [3.05, 3.63) is 0 Å². The molecule has 0 aliphatic carbocycles. The van der Waals surface area contributed by atoms with Crippen molar-refractivity contribution < 1.29 is 40.4 Å². The fourth-order valence-electron chi connectivity index (χ4n) is 0.0340. The summed E-state index contributed by atoms with van der Waals surface area (Å²) >= 11 is 0. The molecule has 0 rings (SSSR count). The van der Waals surface area contributed by atoms with Gasteiger partial charge in [-0.05, 0) is 0 Å². The standard InChI is InChI=1S/CH3BN2O2.Na.H/c2-6-1(5)4-3;;/h3H2,(H,4,5);;/q;+1;-1. The Bertz CT molecular complexity index is 58.0. The summed E-state index contributed by atoms with van der Waals surface area (Å²) in [6, 6.07) is 0. The fraction of sp³-hybridized carbons (Fsp3) is 0. The van der Waals surface area contributed by atoms with Crippen LogP contribution in [0.1, 0.15) is 1.43 Å². The summed E-state index contributed by atoms with van der Waals surface area (Å²) in [6.07, 6.45) is -0.852. The van der Waals surface area contributed by atoms with Gasteiger partial charge in [0.25, 0.3) is 0 Å². The first-order valence-corrected chi connectivity index (χ1v) is 1.18. The predicted molar refractivity (Wildman–Crippen MR) is 20.7 cm³/mol. The molecule has 7 heavy (non-hydrogen) atoms. The van der Waals surface area contributed by atoms with Crippen LogP contribution in [0.4, 0.5) is 4.79 Å². The second-order valence-corrected chi connectivity index (χ2v) is 0.550. The van der Waals surface area contributed by atoms with Crippen LogP contribution in [0.3, 0.4) is 0 Å². The van der Waals surface area contributed by atoms with E-state index in [0.717, 1.165) is 0 Å². The molecule has 4 nitrogen and oxygen atoms in total. The van der Waals surface area contributed by atoms with E-state index in [2.05, 4.69) is 18.5 Å². The predicted octanol–water partition coefficient (Wildman–Crippen LogP) is -4.21. The molecule has 0 aromatic carbocycles. The zero-order valence-corrected chi connectivity index (χ0v) is 5.97. The van der Waals surface area contributed by atoms with Crippen molar-refractivity contribution in [1.29, 1.82) is 0 Å². The summed E-state index contributed by atoms with van der Waals surface area (Å²) in [4.78, 5) is 9.60. The Morgan fingerprint density at radius 1 is 2.00 bits per heavy atom. The van der Waals surface area contributed by atoms with Crippen molar-refractivity contribution in [1.82, 2.24) is 5.43 Å². The van der Waals surface area contributed by atoms with E-state index in [-0.39, 0.29) is 31.0 Å². The van der Waals surface area contributed by atoms with Gasteiger partial charge in [0, 0.05) is 0 Å². The third-order valence-corrected chi connectivity index (χ3v) is 0.225. The second-order valence-electron chi connectivity index (χ2n) is 0.550. The third-order valence-electron chi connectivity index (χ3n) is 0.225. The van der Waals surface area contributed by atoms with E-state index in [4.69, 9.17) is 0 Å². The van der Waals surface area contributed by atoms with Gasteiger partial charge in [0.2, 0.25) is 0 Å². The molecule has 3 N–H and O–H groups in total. The molecule has 0 fully saturated rings. The number of hydrazine groups is 1. The van der Waals surface area contributed by atoms with Crippen molar-refractivity contribution in [3.63, 3.8) is 0 Å². The van der Waals surface area contributed by atoms with Gasteiger partial charge in [-0.2, -0.15) is 0 Å². The fourth-order valence-corrected chi connectivity index (χ4v) is 0.0340. The van der Waals surface area contributed by atoms with E-state index in [1.54, 1.807) is 5.43 Å². The van der Waals surface area contributed by atoms with Gasteiger partial charge in [-0.25, -0.2) is 10.6 Å². The molecule has 34 valence electrons. The molecule has 0 atom stereocenters. The number of rotatable bonds is 0. The van der Waals surface area contributed by atoms with E-state index in [1.165, 1.54) is 0 Å². The van der Waals surface area contributed by atoms with Crippen LogP contribution < -0.4 is 40.8 Å². The molecular formula is CH4BN2NaO2. The van der Waals surface area contributed by atoms with Gasteiger partial charge in [0.1, 0.15) is 0 Å². The molecule has 0 aromatic rings. The molecule has 0 saturated heterocycles. The molecule has 0 aliphatic rings. The molecule has 0 heterocycles. The van der Waals surface area contributed by atoms with Crippen LogP contribution in [-0.2, 0) is 4.65 Å². The quantitative estimate of drug-likeness (QED) is 0.144. The van der Waals surface area contributed by atoms with Crippen molar-refractivity contribution in [3.8, 4) is 0 Å². The Kier molecular flexibility index (Phi) is 9.27. The molecule has 6 heteroatoms. The Balaban J connectivity index is -0.000000125. The smallest absolute Gasteiger partial charge is 1.00 e. The number of hydrogen-bond donors (Lipinski definition) is 2. The largest absolute Gasteiger partial charge is 1.00 e. The average Bonchev–Trinajstić information content (AvgIpc) is 1.65. The molecule has 0 aliphatic heterocycles. The van der Waals surface area contributed by atoms with Crippen molar-refractivity contribution >= 4 is 14.1 Å². The average molecular weight is 110 g/mol. The molecule has 2 radical (unpaired) electrons. The summed E-state index contributed by atoms with van der Waals surface area (Å²) in [5.41, 5.74) is 1.63. The summed E-state index contributed by atoms with van der Waals surface area (Å²) in [6.45, 7) is 0. The normalized spacial score (nSPS) is 5.86. The molecule has 0 unspecified atom stereocenters. The van der Waals surface area contributed by atoms with Crippen LogP contribution in [-0.4, -0.2) is 14.1 Å². The van der Waals surface area contributed by atoms with Crippen molar-refractivity contribution in [2.24, 2.45) is 5.84 Å². The van der Waals surface area contributed by atoms with Crippen molar-refractivity contribution in [2.75, 3.05) is 0 Å². The molecule has 0 aromatic heterocycles. The topological polar surface area (TPSA) is 64.3 Å². The van der Waals surface area contributed by atoms with Gasteiger partial charge in [0.05, 0.1) is 0 Å². The van der Waals surface area contributed by atoms with E-state index >= 15 is 0 Å². The van der Waals surface area contributed by atoms with Crippen molar-refractivity contribution in [2.45, 2.75) is 0 Å². The maximum absolute atomic E-state index is 9.60. The first-order chi connectivity index (χ1) is 2.81. The van der Waals surface area contributed by atoms with E-state index in [9.17, 15) is 4.79 Å². The zero-order chi connectivity index (χ0) is 4.99. The minimum absolute atomic E-state index is 0. The zero-order valence-electron chi connectivity index (χ0n) is 4.97. The number of nitrogens with one attached hydrogen (secondary N) is 1. The number of hydrogen-bond acceptors (Lipinski definition) is 3. The van der Waals surface area contributed by atoms with Gasteiger partial charge < -0.3 is 6.08 Å². The number of nitrogens with two attached hydrogens (primary N) is 1. The Morgan fingerprint density at radius 3 is 2.43 bits per heavy atom. The molecule has 0 bridgehead atoms. The molecule has 0 spiro atoms. The van der Waals surface area contributed by atoms with E-state index < -0.39 is 6.09 Å². The van der Waals surface area contributed by atoms with E-state index in [1.807, 2.05) is 0 Å². The van der Waals surface area contributed by atoms with Gasteiger partial charge >= 0.3 is 43.7 Å². The monoisotopic (exact) mass is 110 g/mol. The van der Waals surface area contributed by atoms with Gasteiger partial charge in [0.15, 0.2) is 0 Å². The number of carbonyl (C=O) groups excluding carboxylic acids is 1. The minimum atomic E-state index is -0.852. The Labute approximate surface area is 66.0 Å². The summed E-state index contributed by atoms with van der Waals surface area (Å²) in [5, 5.41) is 0. The number of amides is 1.